The molecule has 1 atom stereocenters. The molecule has 0 unspecified atom stereocenters. The number of aliphatic carboxylic acids is 1. The lowest BCUT2D eigenvalue weighted by Gasteiger charge is -2.28. The molecule has 0 bridgehead atoms. The molecule has 16 heavy (non-hydrogen) atoms. The van der Waals surface area contributed by atoms with Gasteiger partial charge in [0.2, 0.25) is 0 Å². The van der Waals surface area contributed by atoms with Crippen LogP contribution in [0.25, 0.3) is 0 Å². The van der Waals surface area contributed by atoms with Crippen molar-refractivity contribution in [2.24, 2.45) is 5.92 Å². The first-order valence-electron chi connectivity index (χ1n) is 6.24. The van der Waals surface area contributed by atoms with Gasteiger partial charge in [0.15, 0.2) is 0 Å². The third-order valence-electron chi connectivity index (χ3n) is 3.54. The fraction of sp³-hybridized carbons (Fsp3) is 0.769. The van der Waals surface area contributed by atoms with Gasteiger partial charge >= 0.3 is 5.97 Å². The summed E-state index contributed by atoms with van der Waals surface area (Å²) in [5, 5.41) is 12.1. The van der Waals surface area contributed by atoms with Gasteiger partial charge in [-0.1, -0.05) is 25.3 Å². The molecule has 0 aliphatic heterocycles. The molecular formula is C13H23NO2. The quantitative estimate of drug-likeness (QED) is 0.707. The number of nitrogens with one attached hydrogen (secondary N) is 1. The third kappa shape index (κ3) is 4.35. The lowest BCUT2D eigenvalue weighted by Crippen LogP contribution is -2.34. The van der Waals surface area contributed by atoms with Crippen molar-refractivity contribution in [3.05, 3.63) is 11.6 Å². The van der Waals surface area contributed by atoms with E-state index in [1.54, 1.807) is 13.0 Å². The highest BCUT2D eigenvalue weighted by Gasteiger charge is 2.18. The first-order valence-corrected chi connectivity index (χ1v) is 6.24. The third-order valence-corrected chi connectivity index (χ3v) is 3.54. The summed E-state index contributed by atoms with van der Waals surface area (Å²) in [6.07, 6.45) is 8.45. The summed E-state index contributed by atoms with van der Waals surface area (Å²) in [5.74, 6) is -0.0561. The number of hydrogen-bond donors (Lipinski definition) is 2. The maximum absolute atomic E-state index is 10.6. The van der Waals surface area contributed by atoms with E-state index >= 15 is 0 Å². The van der Waals surface area contributed by atoms with Gasteiger partial charge in [-0.05, 0) is 32.6 Å². The number of carboxylic acids is 1. The fourth-order valence-corrected chi connectivity index (χ4v) is 2.29. The molecule has 0 heterocycles. The number of rotatable bonds is 5. The van der Waals surface area contributed by atoms with Crippen molar-refractivity contribution < 1.29 is 9.90 Å². The predicted octanol–water partition coefficient (Wildman–Crippen LogP) is 2.58. The molecule has 1 rings (SSSR count). The molecule has 0 aromatic heterocycles. The maximum Gasteiger partial charge on any atom is 0.330 e. The number of hydrogen-bond acceptors (Lipinski definition) is 2. The zero-order valence-electron chi connectivity index (χ0n) is 10.3. The monoisotopic (exact) mass is 225 g/mol. The Labute approximate surface area is 97.9 Å². The zero-order chi connectivity index (χ0) is 12.0. The van der Waals surface area contributed by atoms with Crippen LogP contribution in [-0.4, -0.2) is 23.7 Å². The molecule has 0 amide bonds. The van der Waals surface area contributed by atoms with Crippen LogP contribution < -0.4 is 5.32 Å². The van der Waals surface area contributed by atoms with E-state index in [0.717, 1.165) is 5.92 Å². The van der Waals surface area contributed by atoms with Crippen LogP contribution in [0, 0.1) is 5.92 Å². The molecule has 1 saturated carbocycles. The predicted molar refractivity (Wildman–Crippen MR) is 65.4 cm³/mol. The van der Waals surface area contributed by atoms with Gasteiger partial charge in [-0.15, -0.1) is 0 Å². The minimum Gasteiger partial charge on any atom is -0.478 e. The highest BCUT2D eigenvalue weighted by molar-refractivity contribution is 5.85. The van der Waals surface area contributed by atoms with Crippen molar-refractivity contribution in [3.8, 4) is 0 Å². The summed E-state index contributed by atoms with van der Waals surface area (Å²) in [5.41, 5.74) is 0.420. The maximum atomic E-state index is 10.6. The largest absolute Gasteiger partial charge is 0.478 e. The average molecular weight is 225 g/mol. The van der Waals surface area contributed by atoms with Gasteiger partial charge in [-0.3, -0.25) is 0 Å². The molecule has 0 aromatic rings. The van der Waals surface area contributed by atoms with E-state index in [1.807, 2.05) is 0 Å². The van der Waals surface area contributed by atoms with E-state index in [1.165, 1.54) is 32.1 Å². The van der Waals surface area contributed by atoms with Crippen LogP contribution in [0.4, 0.5) is 0 Å². The minimum absolute atomic E-state index is 0.420. The molecule has 2 N–H and O–H groups in total. The van der Waals surface area contributed by atoms with Crippen LogP contribution in [0.2, 0.25) is 0 Å². The van der Waals surface area contributed by atoms with Gasteiger partial charge in [-0.25, -0.2) is 4.79 Å². The second kappa shape index (κ2) is 6.69. The molecule has 1 aliphatic carbocycles. The topological polar surface area (TPSA) is 49.3 Å². The smallest absolute Gasteiger partial charge is 0.330 e. The van der Waals surface area contributed by atoms with Gasteiger partial charge in [-0.2, -0.15) is 0 Å². The molecule has 0 saturated heterocycles. The Morgan fingerprint density at radius 3 is 2.62 bits per heavy atom. The van der Waals surface area contributed by atoms with Gasteiger partial charge in [0.1, 0.15) is 0 Å². The lowest BCUT2D eigenvalue weighted by atomic mass is 9.84. The minimum atomic E-state index is -0.827. The summed E-state index contributed by atoms with van der Waals surface area (Å²) in [4.78, 5) is 10.6. The molecule has 0 spiro atoms. The van der Waals surface area contributed by atoms with Gasteiger partial charge < -0.3 is 10.4 Å². The Morgan fingerprint density at radius 2 is 2.06 bits per heavy atom. The molecule has 3 nitrogen and oxygen atoms in total. The van der Waals surface area contributed by atoms with Crippen molar-refractivity contribution in [2.75, 3.05) is 6.54 Å². The van der Waals surface area contributed by atoms with Crippen molar-refractivity contribution >= 4 is 5.97 Å². The van der Waals surface area contributed by atoms with Crippen molar-refractivity contribution in [1.82, 2.24) is 5.32 Å². The summed E-state index contributed by atoms with van der Waals surface area (Å²) in [7, 11) is 0. The van der Waals surface area contributed by atoms with Gasteiger partial charge in [0.25, 0.3) is 0 Å². The standard InChI is InChI=1S/C13H23NO2/c1-10(13(15)16)8-9-14-11(2)12-6-4-3-5-7-12/h8,11-12,14H,3-7,9H2,1-2H3,(H,15,16)/b10-8-/t11-/m1/s1. The second-order valence-corrected chi connectivity index (χ2v) is 4.79. The van der Waals surface area contributed by atoms with Gasteiger partial charge in [0.05, 0.1) is 0 Å². The molecule has 0 aromatic carbocycles. The molecule has 92 valence electrons. The van der Waals surface area contributed by atoms with Crippen LogP contribution in [0.5, 0.6) is 0 Å². The Bertz CT molecular complexity index is 255. The second-order valence-electron chi connectivity index (χ2n) is 4.79. The molecule has 0 radical (unpaired) electrons. The van der Waals surface area contributed by atoms with Gasteiger partial charge in [0, 0.05) is 18.2 Å². The van der Waals surface area contributed by atoms with E-state index in [2.05, 4.69) is 12.2 Å². The average Bonchev–Trinajstić information content (AvgIpc) is 2.29. The van der Waals surface area contributed by atoms with Crippen LogP contribution >= 0.6 is 0 Å². The molecule has 1 aliphatic rings. The van der Waals surface area contributed by atoms with Crippen LogP contribution in [0.1, 0.15) is 46.0 Å². The van der Waals surface area contributed by atoms with E-state index < -0.39 is 5.97 Å². The van der Waals surface area contributed by atoms with Crippen molar-refractivity contribution in [1.29, 1.82) is 0 Å². The highest BCUT2D eigenvalue weighted by atomic mass is 16.4. The normalized spacial score (nSPS) is 20.8. The number of carbonyl (C=O) groups is 1. The Morgan fingerprint density at radius 1 is 1.44 bits per heavy atom. The van der Waals surface area contributed by atoms with Crippen molar-refractivity contribution in [2.45, 2.75) is 52.0 Å². The van der Waals surface area contributed by atoms with E-state index in [0.29, 0.717) is 18.2 Å². The first-order chi connectivity index (χ1) is 7.61. The molecule has 1 fully saturated rings. The van der Waals surface area contributed by atoms with E-state index in [4.69, 9.17) is 5.11 Å². The Hall–Kier alpha value is -0.830. The summed E-state index contributed by atoms with van der Waals surface area (Å²) in [6, 6.07) is 0.498. The Kier molecular flexibility index (Phi) is 5.53. The summed E-state index contributed by atoms with van der Waals surface area (Å²) < 4.78 is 0. The van der Waals surface area contributed by atoms with Crippen LogP contribution in [0.15, 0.2) is 11.6 Å². The summed E-state index contributed by atoms with van der Waals surface area (Å²) >= 11 is 0. The van der Waals surface area contributed by atoms with Crippen LogP contribution in [0.3, 0.4) is 0 Å². The zero-order valence-corrected chi connectivity index (χ0v) is 10.3. The SMILES string of the molecule is C/C(=C/CN[C@H](C)C1CCCCC1)C(=O)O. The number of carboxylic acid groups (broad SMARTS) is 1. The lowest BCUT2D eigenvalue weighted by molar-refractivity contribution is -0.132. The van der Waals surface area contributed by atoms with Crippen LogP contribution in [-0.2, 0) is 4.79 Å². The first kappa shape index (κ1) is 13.2. The Balaban J connectivity index is 2.26. The molecular weight excluding hydrogens is 202 g/mol. The highest BCUT2D eigenvalue weighted by Crippen LogP contribution is 2.26. The fourth-order valence-electron chi connectivity index (χ4n) is 2.29. The summed E-state index contributed by atoms with van der Waals surface area (Å²) in [6.45, 7) is 4.50. The van der Waals surface area contributed by atoms with E-state index in [9.17, 15) is 4.79 Å². The van der Waals surface area contributed by atoms with E-state index in [-0.39, 0.29) is 0 Å². The molecule has 3 heteroatoms. The van der Waals surface area contributed by atoms with Crippen molar-refractivity contribution in [3.63, 3.8) is 0 Å².